The number of aromatic nitrogens is 2. The number of nitrogens with one attached hydrogen (secondary N) is 1. The van der Waals surface area contributed by atoms with E-state index in [1.807, 2.05) is 24.4 Å². The molecular formula is C16H18N3O+. The summed E-state index contributed by atoms with van der Waals surface area (Å²) in [5.74, 6) is 2.29. The molecule has 2 atom stereocenters. The van der Waals surface area contributed by atoms with Crippen LogP contribution >= 0.6 is 0 Å². The lowest BCUT2D eigenvalue weighted by Crippen LogP contribution is -2.65. The van der Waals surface area contributed by atoms with Crippen molar-refractivity contribution in [1.29, 1.82) is 0 Å². The number of anilines is 1. The van der Waals surface area contributed by atoms with Crippen molar-refractivity contribution in [2.75, 3.05) is 11.9 Å². The molecule has 1 N–H and O–H groups in total. The van der Waals surface area contributed by atoms with Crippen molar-refractivity contribution in [1.82, 2.24) is 4.98 Å². The number of ether oxygens (including phenoxy) is 1. The van der Waals surface area contributed by atoms with Gasteiger partial charge in [0.05, 0.1) is 24.3 Å². The smallest absolute Gasteiger partial charge is 0.392 e. The van der Waals surface area contributed by atoms with E-state index in [-0.39, 0.29) is 11.6 Å². The van der Waals surface area contributed by atoms with E-state index in [9.17, 15) is 0 Å². The molecule has 0 bridgehead atoms. The Balaban J connectivity index is 1.88. The van der Waals surface area contributed by atoms with Crippen LogP contribution < -0.4 is 14.6 Å². The van der Waals surface area contributed by atoms with Crippen molar-refractivity contribution >= 4 is 5.95 Å². The van der Waals surface area contributed by atoms with Crippen LogP contribution in [0, 0.1) is 5.92 Å². The Morgan fingerprint density at radius 2 is 2.15 bits per heavy atom. The monoisotopic (exact) mass is 268 g/mol. The molecule has 0 unspecified atom stereocenters. The second-order valence-corrected chi connectivity index (χ2v) is 6.04. The molecule has 20 heavy (non-hydrogen) atoms. The van der Waals surface area contributed by atoms with Crippen molar-refractivity contribution in [2.24, 2.45) is 5.92 Å². The summed E-state index contributed by atoms with van der Waals surface area (Å²) in [6.45, 7) is 5.24. The molecule has 4 heteroatoms. The van der Waals surface area contributed by atoms with Gasteiger partial charge in [0.1, 0.15) is 18.0 Å². The lowest BCUT2D eigenvalue weighted by molar-refractivity contribution is -0.761. The van der Waals surface area contributed by atoms with Gasteiger partial charge in [-0.1, -0.05) is 23.2 Å². The molecule has 0 saturated heterocycles. The summed E-state index contributed by atoms with van der Waals surface area (Å²) < 4.78 is 8.18. The number of para-hydroxylation sites is 1. The summed E-state index contributed by atoms with van der Waals surface area (Å²) in [5.41, 5.74) is 1.20. The number of hydrogen-bond acceptors (Lipinski definition) is 3. The Kier molecular flexibility index (Phi) is 2.31. The van der Waals surface area contributed by atoms with Gasteiger partial charge in [-0.05, 0) is 19.9 Å². The van der Waals surface area contributed by atoms with Gasteiger partial charge in [-0.3, -0.25) is 5.32 Å². The summed E-state index contributed by atoms with van der Waals surface area (Å²) >= 11 is 0. The van der Waals surface area contributed by atoms with Crippen LogP contribution in [0.4, 0.5) is 5.95 Å². The van der Waals surface area contributed by atoms with E-state index < -0.39 is 0 Å². The lowest BCUT2D eigenvalue weighted by Gasteiger charge is -2.44. The van der Waals surface area contributed by atoms with Crippen molar-refractivity contribution in [3.8, 4) is 5.75 Å². The van der Waals surface area contributed by atoms with Gasteiger partial charge >= 0.3 is 5.95 Å². The molecule has 4 nitrogen and oxygen atoms in total. The molecule has 0 fully saturated rings. The minimum atomic E-state index is -0.0347. The van der Waals surface area contributed by atoms with Crippen LogP contribution in [0.5, 0.6) is 5.75 Å². The molecule has 0 aliphatic carbocycles. The Labute approximate surface area is 118 Å². The van der Waals surface area contributed by atoms with E-state index in [4.69, 9.17) is 4.74 Å². The van der Waals surface area contributed by atoms with Crippen molar-refractivity contribution in [2.45, 2.75) is 25.4 Å². The molecule has 1 aromatic carbocycles. The zero-order valence-electron chi connectivity index (χ0n) is 11.7. The average Bonchev–Trinajstić information content (AvgIpc) is 2.47. The van der Waals surface area contributed by atoms with Gasteiger partial charge in [-0.25, -0.2) is 4.57 Å². The van der Waals surface area contributed by atoms with Crippen LogP contribution in [0.25, 0.3) is 0 Å². The maximum atomic E-state index is 5.97. The molecule has 0 saturated carbocycles. The van der Waals surface area contributed by atoms with Gasteiger partial charge in [-0.2, -0.15) is 0 Å². The number of hydrogen-bond donors (Lipinski definition) is 1. The fourth-order valence-electron chi connectivity index (χ4n) is 3.41. The number of nitrogens with zero attached hydrogens (tertiary/aromatic N) is 2. The molecule has 2 aliphatic heterocycles. The van der Waals surface area contributed by atoms with E-state index in [2.05, 4.69) is 47.0 Å². The number of rotatable bonds is 0. The van der Waals surface area contributed by atoms with E-state index in [0.717, 1.165) is 18.3 Å². The van der Waals surface area contributed by atoms with Crippen molar-refractivity contribution in [3.05, 3.63) is 48.3 Å². The molecule has 0 amide bonds. The fourth-order valence-corrected chi connectivity index (χ4v) is 3.41. The van der Waals surface area contributed by atoms with Gasteiger partial charge in [0.15, 0.2) is 0 Å². The third kappa shape index (κ3) is 1.48. The maximum absolute atomic E-state index is 5.97. The van der Waals surface area contributed by atoms with Crippen molar-refractivity contribution < 1.29 is 9.30 Å². The van der Waals surface area contributed by atoms with Crippen LogP contribution in [0.3, 0.4) is 0 Å². The molecule has 2 aromatic rings. The number of benzene rings is 1. The van der Waals surface area contributed by atoms with Gasteiger partial charge in [0.2, 0.25) is 0 Å². The molecule has 3 heterocycles. The van der Waals surface area contributed by atoms with E-state index in [1.54, 1.807) is 0 Å². The minimum Gasteiger partial charge on any atom is -0.493 e. The quantitative estimate of drug-likeness (QED) is 0.745. The van der Waals surface area contributed by atoms with Crippen LogP contribution in [0.2, 0.25) is 0 Å². The summed E-state index contributed by atoms with van der Waals surface area (Å²) in [6.07, 6.45) is 3.92. The first kappa shape index (κ1) is 11.7. The average molecular weight is 268 g/mol. The molecule has 4 rings (SSSR count). The van der Waals surface area contributed by atoms with Gasteiger partial charge in [0.25, 0.3) is 0 Å². The third-order valence-corrected chi connectivity index (χ3v) is 4.63. The summed E-state index contributed by atoms with van der Waals surface area (Å²) in [5, 5.41) is 3.58. The first-order valence-electron chi connectivity index (χ1n) is 7.03. The zero-order valence-corrected chi connectivity index (χ0v) is 11.7. The van der Waals surface area contributed by atoms with Crippen LogP contribution in [0.1, 0.15) is 25.5 Å². The predicted octanol–water partition coefficient (Wildman–Crippen LogP) is 2.28. The standard InChI is InChI=1S/C16H17N3O/c1-16(2)12-10-20-13-7-4-3-6-11(13)14(12)18-15-17-8-5-9-19(15)16/h3-9,12,14H,10H2,1-2H3/p+1/t12-,14-/m0/s1. The summed E-state index contributed by atoms with van der Waals surface area (Å²) in [7, 11) is 0. The minimum absolute atomic E-state index is 0.0347. The third-order valence-electron chi connectivity index (χ3n) is 4.63. The summed E-state index contributed by atoms with van der Waals surface area (Å²) in [6, 6.07) is 10.5. The topological polar surface area (TPSA) is 38.0 Å². The Hall–Kier alpha value is -2.10. The highest BCUT2D eigenvalue weighted by atomic mass is 16.5. The van der Waals surface area contributed by atoms with Gasteiger partial charge in [-0.15, -0.1) is 0 Å². The van der Waals surface area contributed by atoms with E-state index in [1.165, 1.54) is 5.56 Å². The van der Waals surface area contributed by atoms with Crippen molar-refractivity contribution in [3.63, 3.8) is 0 Å². The van der Waals surface area contributed by atoms with Crippen LogP contribution in [0.15, 0.2) is 42.7 Å². The molecule has 0 radical (unpaired) electrons. The highest BCUT2D eigenvalue weighted by Gasteiger charge is 2.50. The Morgan fingerprint density at radius 3 is 3.05 bits per heavy atom. The first-order valence-corrected chi connectivity index (χ1v) is 7.03. The number of fused-ring (bicyclic) bond motifs is 4. The second kappa shape index (κ2) is 3.95. The van der Waals surface area contributed by atoms with E-state index >= 15 is 0 Å². The molecule has 2 aliphatic rings. The Bertz CT molecular complexity index is 668. The largest absolute Gasteiger partial charge is 0.493 e. The highest BCUT2D eigenvalue weighted by Crippen LogP contribution is 2.44. The normalized spacial score (nSPS) is 25.5. The highest BCUT2D eigenvalue weighted by molar-refractivity contribution is 5.43. The molecule has 0 spiro atoms. The van der Waals surface area contributed by atoms with Gasteiger partial charge < -0.3 is 4.74 Å². The molecule has 102 valence electrons. The SMILES string of the molecule is CC1(C)[C@H]2COc3ccccc3[C@@H]2Nc2nccc[n+]21. The Morgan fingerprint density at radius 1 is 1.30 bits per heavy atom. The van der Waals surface area contributed by atoms with E-state index in [0.29, 0.717) is 5.92 Å². The molecule has 1 aromatic heterocycles. The maximum Gasteiger partial charge on any atom is 0.392 e. The first-order chi connectivity index (χ1) is 9.68. The second-order valence-electron chi connectivity index (χ2n) is 6.04. The summed E-state index contributed by atoms with van der Waals surface area (Å²) in [4.78, 5) is 4.49. The zero-order chi connectivity index (χ0) is 13.7. The fraction of sp³-hybridized carbons (Fsp3) is 0.375. The lowest BCUT2D eigenvalue weighted by atomic mass is 9.76. The van der Waals surface area contributed by atoms with Crippen LogP contribution in [-0.4, -0.2) is 11.6 Å². The van der Waals surface area contributed by atoms with Crippen LogP contribution in [-0.2, 0) is 5.54 Å². The predicted molar refractivity (Wildman–Crippen MR) is 75.5 cm³/mol. The molecular weight excluding hydrogens is 250 g/mol. The van der Waals surface area contributed by atoms with Gasteiger partial charge in [0, 0.05) is 11.6 Å².